The predicted octanol–water partition coefficient (Wildman–Crippen LogP) is 3.08. The topological polar surface area (TPSA) is 46.3 Å². The van der Waals surface area contributed by atoms with E-state index in [1.165, 1.54) is 12.1 Å². The maximum atomic E-state index is 4.58. The standard InChI is InChI=1S/C17H19N5/c1-12-9-17(19-11-18-12)21-8-4-6-14(21)15-5-3-7-16-20-13(2)10-22(15)16/h3,5,7,9-11,14H,4,6,8H2,1-2H3/t14-/m0/s1. The lowest BCUT2D eigenvalue weighted by Crippen LogP contribution is -2.25. The minimum atomic E-state index is 0.339. The highest BCUT2D eigenvalue weighted by atomic mass is 15.2. The maximum Gasteiger partial charge on any atom is 0.137 e. The van der Waals surface area contributed by atoms with Gasteiger partial charge in [-0.1, -0.05) is 6.07 Å². The first-order valence-corrected chi connectivity index (χ1v) is 7.72. The Morgan fingerprint density at radius 2 is 2.05 bits per heavy atom. The molecule has 0 bridgehead atoms. The lowest BCUT2D eigenvalue weighted by Gasteiger charge is -2.26. The van der Waals surface area contributed by atoms with Crippen molar-refractivity contribution in [3.63, 3.8) is 0 Å². The number of pyridine rings is 1. The molecule has 3 aromatic rings. The third kappa shape index (κ3) is 2.13. The zero-order valence-electron chi connectivity index (χ0n) is 12.9. The fourth-order valence-corrected chi connectivity index (χ4v) is 3.37. The van der Waals surface area contributed by atoms with Crippen LogP contribution in [0.15, 0.2) is 36.8 Å². The molecule has 22 heavy (non-hydrogen) atoms. The van der Waals surface area contributed by atoms with Crippen molar-refractivity contribution in [2.24, 2.45) is 0 Å². The highest BCUT2D eigenvalue weighted by Gasteiger charge is 2.29. The van der Waals surface area contributed by atoms with Gasteiger partial charge in [0, 0.05) is 30.2 Å². The van der Waals surface area contributed by atoms with Crippen LogP contribution in [0, 0.1) is 13.8 Å². The molecule has 5 nitrogen and oxygen atoms in total. The summed E-state index contributed by atoms with van der Waals surface area (Å²) in [5.74, 6) is 1.02. The number of hydrogen-bond acceptors (Lipinski definition) is 4. The summed E-state index contributed by atoms with van der Waals surface area (Å²) in [5.41, 5.74) is 4.36. The second-order valence-electron chi connectivity index (χ2n) is 5.93. The summed E-state index contributed by atoms with van der Waals surface area (Å²) in [5, 5.41) is 0. The van der Waals surface area contributed by atoms with Crippen molar-refractivity contribution in [1.29, 1.82) is 0 Å². The van der Waals surface area contributed by atoms with Crippen LogP contribution in [0.5, 0.6) is 0 Å². The van der Waals surface area contributed by atoms with Gasteiger partial charge in [-0.05, 0) is 38.8 Å². The molecule has 1 atom stereocenters. The Bertz CT molecular complexity index is 823. The molecular weight excluding hydrogens is 274 g/mol. The van der Waals surface area contributed by atoms with E-state index < -0.39 is 0 Å². The normalized spacial score (nSPS) is 18.3. The second-order valence-corrected chi connectivity index (χ2v) is 5.93. The molecule has 1 aliphatic heterocycles. The highest BCUT2D eigenvalue weighted by molar-refractivity contribution is 5.47. The molecule has 4 rings (SSSR count). The van der Waals surface area contributed by atoms with Gasteiger partial charge < -0.3 is 9.30 Å². The Hall–Kier alpha value is -2.43. The third-order valence-corrected chi connectivity index (χ3v) is 4.32. The number of aryl methyl sites for hydroxylation is 2. The van der Waals surface area contributed by atoms with E-state index in [0.717, 1.165) is 35.8 Å². The second kappa shape index (κ2) is 5.09. The molecule has 1 fully saturated rings. The summed E-state index contributed by atoms with van der Waals surface area (Å²) in [7, 11) is 0. The number of fused-ring (bicyclic) bond motifs is 1. The molecule has 0 aliphatic carbocycles. The van der Waals surface area contributed by atoms with Gasteiger partial charge in [0.2, 0.25) is 0 Å². The third-order valence-electron chi connectivity index (χ3n) is 4.32. The van der Waals surface area contributed by atoms with E-state index in [1.807, 2.05) is 13.8 Å². The van der Waals surface area contributed by atoms with E-state index >= 15 is 0 Å². The number of imidazole rings is 1. The average molecular weight is 293 g/mol. The Morgan fingerprint density at radius 1 is 1.14 bits per heavy atom. The fourth-order valence-electron chi connectivity index (χ4n) is 3.37. The molecule has 0 aromatic carbocycles. The first-order chi connectivity index (χ1) is 10.7. The van der Waals surface area contributed by atoms with Crippen molar-refractivity contribution in [2.45, 2.75) is 32.7 Å². The van der Waals surface area contributed by atoms with Gasteiger partial charge in [-0.25, -0.2) is 15.0 Å². The van der Waals surface area contributed by atoms with E-state index in [1.54, 1.807) is 6.33 Å². The van der Waals surface area contributed by atoms with Crippen LogP contribution in [-0.2, 0) is 0 Å². The molecule has 0 radical (unpaired) electrons. The largest absolute Gasteiger partial charge is 0.348 e. The molecule has 0 spiro atoms. The van der Waals surface area contributed by atoms with E-state index in [9.17, 15) is 0 Å². The van der Waals surface area contributed by atoms with Crippen molar-refractivity contribution in [3.8, 4) is 0 Å². The van der Waals surface area contributed by atoms with Crippen molar-refractivity contribution in [2.75, 3.05) is 11.4 Å². The molecule has 112 valence electrons. The number of rotatable bonds is 2. The van der Waals surface area contributed by atoms with Crippen LogP contribution in [0.3, 0.4) is 0 Å². The summed E-state index contributed by atoms with van der Waals surface area (Å²) in [6.45, 7) is 5.08. The van der Waals surface area contributed by atoms with Gasteiger partial charge in [0.05, 0.1) is 11.7 Å². The van der Waals surface area contributed by atoms with E-state index in [2.05, 4.69) is 54.7 Å². The Balaban J connectivity index is 1.80. The number of aromatic nitrogens is 4. The van der Waals surface area contributed by atoms with Gasteiger partial charge in [-0.15, -0.1) is 0 Å². The van der Waals surface area contributed by atoms with Gasteiger partial charge in [-0.2, -0.15) is 0 Å². The lowest BCUT2D eigenvalue weighted by molar-refractivity contribution is 0.676. The Morgan fingerprint density at radius 3 is 2.91 bits per heavy atom. The van der Waals surface area contributed by atoms with E-state index in [4.69, 9.17) is 0 Å². The highest BCUT2D eigenvalue weighted by Crippen LogP contribution is 2.35. The van der Waals surface area contributed by atoms with Crippen LogP contribution in [0.25, 0.3) is 5.65 Å². The smallest absolute Gasteiger partial charge is 0.137 e. The molecule has 1 aliphatic rings. The summed E-state index contributed by atoms with van der Waals surface area (Å²) in [6.07, 6.45) is 6.09. The minimum Gasteiger partial charge on any atom is -0.348 e. The molecule has 0 saturated carbocycles. The molecule has 4 heterocycles. The van der Waals surface area contributed by atoms with Gasteiger partial charge in [0.1, 0.15) is 17.8 Å². The van der Waals surface area contributed by atoms with Crippen LogP contribution < -0.4 is 4.90 Å². The van der Waals surface area contributed by atoms with Crippen LogP contribution in [-0.4, -0.2) is 25.9 Å². The predicted molar refractivity (Wildman–Crippen MR) is 86.0 cm³/mol. The van der Waals surface area contributed by atoms with Gasteiger partial charge >= 0.3 is 0 Å². The van der Waals surface area contributed by atoms with Crippen LogP contribution in [0.4, 0.5) is 5.82 Å². The number of anilines is 1. The molecule has 0 N–H and O–H groups in total. The van der Waals surface area contributed by atoms with Crippen molar-refractivity contribution in [3.05, 3.63) is 53.9 Å². The van der Waals surface area contributed by atoms with E-state index in [0.29, 0.717) is 6.04 Å². The fraction of sp³-hybridized carbons (Fsp3) is 0.353. The van der Waals surface area contributed by atoms with Gasteiger partial charge in [-0.3, -0.25) is 0 Å². The quantitative estimate of drug-likeness (QED) is 0.728. The van der Waals surface area contributed by atoms with Crippen LogP contribution in [0.1, 0.15) is 36.0 Å². The molecule has 1 saturated heterocycles. The van der Waals surface area contributed by atoms with Crippen molar-refractivity contribution >= 4 is 11.5 Å². The SMILES string of the molecule is Cc1cc(N2CCC[C@H]2c2cccc3nc(C)cn23)ncn1. The lowest BCUT2D eigenvalue weighted by atomic mass is 10.1. The summed E-state index contributed by atoms with van der Waals surface area (Å²) >= 11 is 0. The minimum absolute atomic E-state index is 0.339. The van der Waals surface area contributed by atoms with Gasteiger partial charge in [0.15, 0.2) is 0 Å². The van der Waals surface area contributed by atoms with Crippen LogP contribution in [0.2, 0.25) is 0 Å². The molecule has 5 heteroatoms. The number of nitrogens with zero attached hydrogens (tertiary/aromatic N) is 5. The summed E-state index contributed by atoms with van der Waals surface area (Å²) < 4.78 is 2.21. The molecular formula is C17H19N5. The molecule has 0 unspecified atom stereocenters. The monoisotopic (exact) mass is 293 g/mol. The Kier molecular flexibility index (Phi) is 3.06. The number of hydrogen-bond donors (Lipinski definition) is 0. The molecule has 3 aromatic heterocycles. The summed E-state index contributed by atoms with van der Waals surface area (Å²) in [6, 6.07) is 8.76. The maximum absolute atomic E-state index is 4.58. The molecule has 0 amide bonds. The zero-order valence-corrected chi connectivity index (χ0v) is 12.9. The Labute approximate surface area is 129 Å². The first kappa shape index (κ1) is 13.2. The zero-order chi connectivity index (χ0) is 15.1. The van der Waals surface area contributed by atoms with Crippen molar-refractivity contribution < 1.29 is 0 Å². The van der Waals surface area contributed by atoms with Crippen LogP contribution >= 0.6 is 0 Å². The van der Waals surface area contributed by atoms with Gasteiger partial charge in [0.25, 0.3) is 0 Å². The average Bonchev–Trinajstić information content (AvgIpc) is 3.11. The van der Waals surface area contributed by atoms with Crippen molar-refractivity contribution in [1.82, 2.24) is 19.4 Å². The first-order valence-electron chi connectivity index (χ1n) is 7.72. The summed E-state index contributed by atoms with van der Waals surface area (Å²) in [4.78, 5) is 15.6. The van der Waals surface area contributed by atoms with E-state index in [-0.39, 0.29) is 0 Å².